The lowest BCUT2D eigenvalue weighted by Gasteiger charge is -2.10. The molecule has 194 valence electrons. The SMILES string of the molecule is CC(C)Oc1ccc2c(c1)C(=O)c1c-2ccc2c1-c1ccc(OCF)cc1C2=C(C#N)C#N.CCF.CF. The summed E-state index contributed by atoms with van der Waals surface area (Å²) in [4.78, 5) is 13.6. The second-order valence-corrected chi connectivity index (χ2v) is 8.32. The van der Waals surface area contributed by atoms with Crippen LogP contribution in [-0.2, 0) is 0 Å². The molecule has 0 fully saturated rings. The molecular formula is C30H25F3N2O3. The van der Waals surface area contributed by atoms with Crippen LogP contribution >= 0.6 is 0 Å². The van der Waals surface area contributed by atoms with E-state index in [0.29, 0.717) is 51.9 Å². The van der Waals surface area contributed by atoms with Gasteiger partial charge in [-0.15, -0.1) is 0 Å². The van der Waals surface area contributed by atoms with Crippen molar-refractivity contribution in [1.29, 1.82) is 10.5 Å². The van der Waals surface area contributed by atoms with E-state index in [2.05, 4.69) is 0 Å². The zero-order valence-corrected chi connectivity index (χ0v) is 21.4. The number of nitrogens with zero attached hydrogens (tertiary/aromatic N) is 2. The van der Waals surface area contributed by atoms with E-state index in [4.69, 9.17) is 9.47 Å². The monoisotopic (exact) mass is 518 g/mol. The second-order valence-electron chi connectivity index (χ2n) is 8.32. The summed E-state index contributed by atoms with van der Waals surface area (Å²) in [5.74, 6) is 0.753. The minimum absolute atomic E-state index is 0.0260. The quantitative estimate of drug-likeness (QED) is 0.232. The summed E-state index contributed by atoms with van der Waals surface area (Å²) < 4.78 is 43.3. The molecule has 0 atom stereocenters. The Morgan fingerprint density at radius 3 is 1.97 bits per heavy atom. The fourth-order valence-corrected chi connectivity index (χ4v) is 4.63. The third-order valence-corrected chi connectivity index (χ3v) is 5.82. The molecule has 0 amide bonds. The number of carbonyl (C=O) groups is 1. The van der Waals surface area contributed by atoms with Gasteiger partial charge in [0.15, 0.2) is 5.78 Å². The molecule has 0 radical (unpaired) electrons. The number of allylic oxidation sites excluding steroid dienone is 1. The van der Waals surface area contributed by atoms with Gasteiger partial charge in [-0.05, 0) is 78.9 Å². The van der Waals surface area contributed by atoms with E-state index in [1.165, 1.54) is 6.92 Å². The molecule has 0 heterocycles. The first-order valence-electron chi connectivity index (χ1n) is 11.7. The molecule has 5 nitrogen and oxygen atoms in total. The number of fused-ring (bicyclic) bond motifs is 7. The van der Waals surface area contributed by atoms with Crippen LogP contribution in [0.1, 0.15) is 47.8 Å². The molecule has 5 rings (SSSR count). The molecule has 2 aliphatic carbocycles. The first-order chi connectivity index (χ1) is 18.4. The Kier molecular flexibility index (Phi) is 8.94. The van der Waals surface area contributed by atoms with Gasteiger partial charge >= 0.3 is 0 Å². The van der Waals surface area contributed by atoms with E-state index >= 15 is 0 Å². The van der Waals surface area contributed by atoms with Crippen LogP contribution in [0.4, 0.5) is 13.2 Å². The van der Waals surface area contributed by atoms with E-state index in [0.717, 1.165) is 11.1 Å². The van der Waals surface area contributed by atoms with Gasteiger partial charge in [0.05, 0.1) is 20.0 Å². The Labute approximate surface area is 219 Å². The highest BCUT2D eigenvalue weighted by molar-refractivity contribution is 6.27. The fraction of sp³-hybridized carbons (Fsp3) is 0.233. The Bertz CT molecular complexity index is 1480. The van der Waals surface area contributed by atoms with Crippen molar-refractivity contribution >= 4 is 11.4 Å². The fourth-order valence-electron chi connectivity index (χ4n) is 4.63. The molecule has 0 N–H and O–H groups in total. The number of hydrogen-bond acceptors (Lipinski definition) is 5. The molecule has 3 aromatic rings. The van der Waals surface area contributed by atoms with Crippen molar-refractivity contribution in [2.75, 3.05) is 20.7 Å². The van der Waals surface area contributed by atoms with Crippen LogP contribution in [-0.4, -0.2) is 32.6 Å². The van der Waals surface area contributed by atoms with Crippen LogP contribution in [0.25, 0.3) is 27.8 Å². The number of halogens is 3. The number of benzene rings is 3. The van der Waals surface area contributed by atoms with Gasteiger partial charge in [0.25, 0.3) is 0 Å². The van der Waals surface area contributed by atoms with Crippen molar-refractivity contribution in [3.8, 4) is 45.9 Å². The van der Waals surface area contributed by atoms with Crippen LogP contribution < -0.4 is 9.47 Å². The molecule has 2 aliphatic rings. The van der Waals surface area contributed by atoms with Crippen molar-refractivity contribution in [2.24, 2.45) is 0 Å². The van der Waals surface area contributed by atoms with Crippen LogP contribution in [0.5, 0.6) is 11.5 Å². The number of rotatable bonds is 4. The van der Waals surface area contributed by atoms with E-state index < -0.39 is 6.86 Å². The third-order valence-electron chi connectivity index (χ3n) is 5.82. The Hall–Kier alpha value is -4.56. The maximum atomic E-state index is 13.6. The molecule has 38 heavy (non-hydrogen) atoms. The Balaban J connectivity index is 0.000000748. The summed E-state index contributed by atoms with van der Waals surface area (Å²) >= 11 is 0. The lowest BCUT2D eigenvalue weighted by atomic mass is 9.93. The predicted molar refractivity (Wildman–Crippen MR) is 139 cm³/mol. The van der Waals surface area contributed by atoms with Gasteiger partial charge in [-0.3, -0.25) is 13.6 Å². The number of hydrogen-bond donors (Lipinski definition) is 0. The van der Waals surface area contributed by atoms with Gasteiger partial charge in [-0.1, -0.05) is 18.2 Å². The molecule has 0 unspecified atom stereocenters. The van der Waals surface area contributed by atoms with Gasteiger partial charge in [0.2, 0.25) is 6.86 Å². The zero-order valence-electron chi connectivity index (χ0n) is 21.4. The zero-order chi connectivity index (χ0) is 28.0. The normalized spacial score (nSPS) is 11.4. The van der Waals surface area contributed by atoms with Crippen molar-refractivity contribution < 1.29 is 27.4 Å². The highest BCUT2D eigenvalue weighted by Gasteiger charge is 2.37. The smallest absolute Gasteiger partial charge is 0.228 e. The van der Waals surface area contributed by atoms with E-state index in [9.17, 15) is 28.5 Å². The number of ether oxygens (including phenoxy) is 2. The molecule has 0 saturated carbocycles. The van der Waals surface area contributed by atoms with Gasteiger partial charge in [0, 0.05) is 22.3 Å². The van der Waals surface area contributed by atoms with E-state index in [-0.39, 0.29) is 29.9 Å². The molecule has 0 saturated heterocycles. The number of nitriles is 2. The average molecular weight is 519 g/mol. The van der Waals surface area contributed by atoms with Crippen LogP contribution in [0.2, 0.25) is 0 Å². The van der Waals surface area contributed by atoms with Crippen molar-refractivity contribution in [2.45, 2.75) is 26.9 Å². The topological polar surface area (TPSA) is 83.1 Å². The lowest BCUT2D eigenvalue weighted by molar-refractivity contribution is 0.104. The molecular weight excluding hydrogens is 493 g/mol. The van der Waals surface area contributed by atoms with E-state index in [1.807, 2.05) is 50.3 Å². The Morgan fingerprint density at radius 2 is 1.37 bits per heavy atom. The van der Waals surface area contributed by atoms with Crippen LogP contribution in [0.15, 0.2) is 54.1 Å². The average Bonchev–Trinajstić information content (AvgIpc) is 3.38. The number of ketones is 1. The third kappa shape index (κ3) is 4.86. The van der Waals surface area contributed by atoms with Crippen LogP contribution in [0, 0.1) is 22.7 Å². The lowest BCUT2D eigenvalue weighted by Crippen LogP contribution is -2.06. The maximum Gasteiger partial charge on any atom is 0.228 e. The summed E-state index contributed by atoms with van der Waals surface area (Å²) in [6.07, 6.45) is -0.0260. The first-order valence-corrected chi connectivity index (χ1v) is 11.7. The molecule has 0 bridgehead atoms. The number of alkyl halides is 3. The molecule has 3 aromatic carbocycles. The molecule has 0 aromatic heterocycles. The highest BCUT2D eigenvalue weighted by Crippen LogP contribution is 2.53. The maximum absolute atomic E-state index is 13.6. The van der Waals surface area contributed by atoms with Gasteiger partial charge < -0.3 is 9.47 Å². The van der Waals surface area contributed by atoms with Gasteiger partial charge in [-0.25, -0.2) is 4.39 Å². The standard InChI is InChI=1S/C27H17FN2O3.C2H5F.CH3F/c1-14(2)33-17-4-5-18-19-7-8-21-24(15(11-29)12-30)22-9-16(32-13-28)3-6-20(22)25(21)26(19)27(31)23(18)10-17;1-2-3;1-2/h3-10,14H,13H2,1-2H3;2H2,1H3;1H3. The summed E-state index contributed by atoms with van der Waals surface area (Å²) in [6.45, 7) is 4.05. The molecule has 8 heteroatoms. The molecule has 0 spiro atoms. The summed E-state index contributed by atoms with van der Waals surface area (Å²) in [5.41, 5.74) is 5.57. The first kappa shape index (κ1) is 28.0. The van der Waals surface area contributed by atoms with E-state index in [1.54, 1.807) is 24.3 Å². The Morgan fingerprint density at radius 1 is 0.816 bits per heavy atom. The predicted octanol–water partition coefficient (Wildman–Crippen LogP) is 7.38. The largest absolute Gasteiger partial charge is 0.491 e. The van der Waals surface area contributed by atoms with Crippen molar-refractivity contribution in [3.63, 3.8) is 0 Å². The highest BCUT2D eigenvalue weighted by atomic mass is 19.1. The van der Waals surface area contributed by atoms with Crippen molar-refractivity contribution in [1.82, 2.24) is 0 Å². The van der Waals surface area contributed by atoms with Crippen LogP contribution in [0.3, 0.4) is 0 Å². The summed E-state index contributed by atoms with van der Waals surface area (Å²) in [7, 11) is 0.500. The summed E-state index contributed by atoms with van der Waals surface area (Å²) in [5, 5.41) is 19.2. The second kappa shape index (κ2) is 12.1. The minimum Gasteiger partial charge on any atom is -0.491 e. The minimum atomic E-state index is -1.00. The van der Waals surface area contributed by atoms with Gasteiger partial charge in [-0.2, -0.15) is 10.5 Å². The number of carbonyl (C=O) groups excluding carboxylic acids is 1. The van der Waals surface area contributed by atoms with Crippen molar-refractivity contribution in [3.05, 3.63) is 76.4 Å². The summed E-state index contributed by atoms with van der Waals surface area (Å²) in [6, 6.07) is 18.0. The molecule has 0 aliphatic heterocycles. The van der Waals surface area contributed by atoms with Gasteiger partial charge in [0.1, 0.15) is 29.2 Å².